The third-order valence-electron chi connectivity index (χ3n) is 2.97. The molecule has 0 radical (unpaired) electrons. The van der Waals surface area contributed by atoms with E-state index in [1.165, 1.54) is 9.75 Å². The summed E-state index contributed by atoms with van der Waals surface area (Å²) in [6, 6.07) is 11.6. The molecule has 0 saturated carbocycles. The van der Waals surface area contributed by atoms with Crippen LogP contribution in [0.25, 0.3) is 0 Å². The number of hydrogen-bond donors (Lipinski definition) is 2. The van der Waals surface area contributed by atoms with Crippen LogP contribution in [0.5, 0.6) is 0 Å². The standard InChI is InChI=1S/C15H18N2OS/c1-10-4-9-14(19-10)11(2)17-15(18)12-5-7-13(16-3)8-6-12/h4-9,11,16H,1-3H3,(H,17,18). The fourth-order valence-corrected chi connectivity index (χ4v) is 2.71. The molecule has 1 unspecified atom stereocenters. The van der Waals surface area contributed by atoms with Gasteiger partial charge in [0.15, 0.2) is 0 Å². The van der Waals surface area contributed by atoms with E-state index in [1.807, 2.05) is 38.2 Å². The predicted octanol–water partition coefficient (Wildman–Crippen LogP) is 3.59. The lowest BCUT2D eigenvalue weighted by Gasteiger charge is -2.12. The Labute approximate surface area is 117 Å². The second kappa shape index (κ2) is 5.89. The Morgan fingerprint density at radius 1 is 1.16 bits per heavy atom. The zero-order chi connectivity index (χ0) is 13.8. The van der Waals surface area contributed by atoms with Crippen LogP contribution >= 0.6 is 11.3 Å². The first kappa shape index (κ1) is 13.6. The van der Waals surface area contributed by atoms with Crippen molar-refractivity contribution in [1.29, 1.82) is 0 Å². The van der Waals surface area contributed by atoms with Crippen molar-refractivity contribution in [2.75, 3.05) is 12.4 Å². The lowest BCUT2D eigenvalue weighted by molar-refractivity contribution is 0.0940. The average molecular weight is 274 g/mol. The summed E-state index contributed by atoms with van der Waals surface area (Å²) in [4.78, 5) is 14.5. The predicted molar refractivity (Wildman–Crippen MR) is 80.9 cm³/mol. The highest BCUT2D eigenvalue weighted by Crippen LogP contribution is 2.22. The average Bonchev–Trinajstić information content (AvgIpc) is 2.85. The molecule has 2 rings (SSSR count). The lowest BCUT2D eigenvalue weighted by atomic mass is 10.1. The highest BCUT2D eigenvalue weighted by molar-refractivity contribution is 7.12. The second-order valence-electron chi connectivity index (χ2n) is 4.47. The third kappa shape index (κ3) is 3.35. The van der Waals surface area contributed by atoms with Crippen LogP contribution in [-0.4, -0.2) is 13.0 Å². The van der Waals surface area contributed by atoms with Crippen LogP contribution in [0.2, 0.25) is 0 Å². The Kier molecular flexibility index (Phi) is 4.22. The molecule has 4 heteroatoms. The van der Waals surface area contributed by atoms with Gasteiger partial charge in [-0.2, -0.15) is 0 Å². The van der Waals surface area contributed by atoms with Crippen molar-refractivity contribution >= 4 is 22.9 Å². The van der Waals surface area contributed by atoms with Crippen LogP contribution in [-0.2, 0) is 0 Å². The first-order valence-electron chi connectivity index (χ1n) is 6.25. The van der Waals surface area contributed by atoms with Gasteiger partial charge in [-0.25, -0.2) is 0 Å². The van der Waals surface area contributed by atoms with Crippen LogP contribution < -0.4 is 10.6 Å². The van der Waals surface area contributed by atoms with Gasteiger partial charge >= 0.3 is 0 Å². The first-order chi connectivity index (χ1) is 9.10. The largest absolute Gasteiger partial charge is 0.388 e. The summed E-state index contributed by atoms with van der Waals surface area (Å²) in [5.41, 5.74) is 1.68. The van der Waals surface area contributed by atoms with Gasteiger partial charge < -0.3 is 10.6 Å². The summed E-state index contributed by atoms with van der Waals surface area (Å²) < 4.78 is 0. The second-order valence-corrected chi connectivity index (χ2v) is 5.79. The summed E-state index contributed by atoms with van der Waals surface area (Å²) in [6.45, 7) is 4.07. The maximum atomic E-state index is 12.1. The van der Waals surface area contributed by atoms with Gasteiger partial charge in [0.05, 0.1) is 6.04 Å². The van der Waals surface area contributed by atoms with Crippen LogP contribution in [0.4, 0.5) is 5.69 Å². The van der Waals surface area contributed by atoms with Crippen molar-refractivity contribution in [3.63, 3.8) is 0 Å². The molecule has 1 aromatic carbocycles. The molecular formula is C15H18N2OS. The van der Waals surface area contributed by atoms with Gasteiger partial charge in [0.25, 0.3) is 5.91 Å². The molecule has 0 aliphatic heterocycles. The molecule has 19 heavy (non-hydrogen) atoms. The molecule has 0 aliphatic rings. The van der Waals surface area contributed by atoms with Crippen molar-refractivity contribution in [1.82, 2.24) is 5.32 Å². The van der Waals surface area contributed by atoms with E-state index >= 15 is 0 Å². The number of aryl methyl sites for hydroxylation is 1. The zero-order valence-electron chi connectivity index (χ0n) is 11.4. The summed E-state index contributed by atoms with van der Waals surface area (Å²) in [7, 11) is 1.86. The van der Waals surface area contributed by atoms with Crippen LogP contribution in [0.15, 0.2) is 36.4 Å². The molecule has 0 bridgehead atoms. The number of rotatable bonds is 4. The van der Waals surface area contributed by atoms with Crippen molar-refractivity contribution in [3.05, 3.63) is 51.7 Å². The highest BCUT2D eigenvalue weighted by atomic mass is 32.1. The minimum absolute atomic E-state index is 0.0372. The summed E-state index contributed by atoms with van der Waals surface area (Å²) >= 11 is 1.71. The van der Waals surface area contributed by atoms with E-state index in [9.17, 15) is 4.79 Å². The van der Waals surface area contributed by atoms with E-state index in [1.54, 1.807) is 11.3 Å². The Morgan fingerprint density at radius 3 is 2.37 bits per heavy atom. The Morgan fingerprint density at radius 2 is 1.84 bits per heavy atom. The minimum Gasteiger partial charge on any atom is -0.388 e. The normalized spacial score (nSPS) is 11.9. The molecule has 0 saturated heterocycles. The molecule has 0 aliphatic carbocycles. The smallest absolute Gasteiger partial charge is 0.251 e. The molecule has 2 aromatic rings. The van der Waals surface area contributed by atoms with Crippen LogP contribution in [0.3, 0.4) is 0 Å². The highest BCUT2D eigenvalue weighted by Gasteiger charge is 2.12. The molecule has 1 aromatic heterocycles. The van der Waals surface area contributed by atoms with Gasteiger partial charge in [-0.15, -0.1) is 11.3 Å². The fraction of sp³-hybridized carbons (Fsp3) is 0.267. The maximum absolute atomic E-state index is 12.1. The molecule has 1 atom stereocenters. The number of nitrogens with one attached hydrogen (secondary N) is 2. The fourth-order valence-electron chi connectivity index (χ4n) is 1.83. The van der Waals surface area contributed by atoms with Gasteiger partial charge in [-0.1, -0.05) is 0 Å². The van der Waals surface area contributed by atoms with E-state index in [2.05, 4.69) is 29.7 Å². The Hall–Kier alpha value is -1.81. The molecule has 0 fully saturated rings. The first-order valence-corrected chi connectivity index (χ1v) is 7.07. The number of anilines is 1. The maximum Gasteiger partial charge on any atom is 0.251 e. The van der Waals surface area contributed by atoms with Crippen molar-refractivity contribution in [2.45, 2.75) is 19.9 Å². The van der Waals surface area contributed by atoms with Crippen LogP contribution in [0, 0.1) is 6.92 Å². The van der Waals surface area contributed by atoms with Gasteiger partial charge in [0.2, 0.25) is 0 Å². The monoisotopic (exact) mass is 274 g/mol. The molecule has 2 N–H and O–H groups in total. The van der Waals surface area contributed by atoms with E-state index in [4.69, 9.17) is 0 Å². The molecule has 100 valence electrons. The molecule has 1 heterocycles. The van der Waals surface area contributed by atoms with Crippen molar-refractivity contribution in [3.8, 4) is 0 Å². The summed E-state index contributed by atoms with van der Waals surface area (Å²) in [6.07, 6.45) is 0. The Balaban J connectivity index is 2.03. The van der Waals surface area contributed by atoms with Gasteiger partial charge in [-0.3, -0.25) is 4.79 Å². The van der Waals surface area contributed by atoms with E-state index in [0.717, 1.165) is 5.69 Å². The number of thiophene rings is 1. The number of amides is 1. The van der Waals surface area contributed by atoms with E-state index < -0.39 is 0 Å². The summed E-state index contributed by atoms with van der Waals surface area (Å²) in [5.74, 6) is -0.0405. The van der Waals surface area contributed by atoms with Gasteiger partial charge in [0, 0.05) is 28.1 Å². The lowest BCUT2D eigenvalue weighted by Crippen LogP contribution is -2.26. The number of benzene rings is 1. The quantitative estimate of drug-likeness (QED) is 0.894. The number of hydrogen-bond acceptors (Lipinski definition) is 3. The van der Waals surface area contributed by atoms with Crippen molar-refractivity contribution < 1.29 is 4.79 Å². The topological polar surface area (TPSA) is 41.1 Å². The Bertz CT molecular complexity index is 560. The number of carbonyl (C=O) groups is 1. The van der Waals surface area contributed by atoms with E-state index in [0.29, 0.717) is 5.56 Å². The molecular weight excluding hydrogens is 256 g/mol. The molecule has 3 nitrogen and oxygen atoms in total. The van der Waals surface area contributed by atoms with Crippen molar-refractivity contribution in [2.24, 2.45) is 0 Å². The summed E-state index contributed by atoms with van der Waals surface area (Å²) in [5, 5.41) is 6.05. The molecule has 0 spiro atoms. The van der Waals surface area contributed by atoms with Gasteiger partial charge in [0.1, 0.15) is 0 Å². The van der Waals surface area contributed by atoms with Crippen LogP contribution in [0.1, 0.15) is 33.1 Å². The SMILES string of the molecule is CNc1ccc(C(=O)NC(C)c2ccc(C)s2)cc1. The van der Waals surface area contributed by atoms with E-state index in [-0.39, 0.29) is 11.9 Å². The third-order valence-corrected chi connectivity index (χ3v) is 4.15. The number of carbonyl (C=O) groups excluding carboxylic acids is 1. The molecule has 1 amide bonds. The zero-order valence-corrected chi connectivity index (χ0v) is 12.2. The van der Waals surface area contributed by atoms with Gasteiger partial charge in [-0.05, 0) is 50.2 Å². The minimum atomic E-state index is -0.0405.